The molecule has 0 unspecified atom stereocenters. The van der Waals surface area contributed by atoms with Gasteiger partial charge in [-0.2, -0.15) is 0 Å². The molecule has 0 bridgehead atoms. The molecular formula is C15H17NO5. The Morgan fingerprint density at radius 1 is 1.19 bits per heavy atom. The van der Waals surface area contributed by atoms with Crippen LogP contribution in [0.15, 0.2) is 21.3 Å². The van der Waals surface area contributed by atoms with Crippen molar-refractivity contribution in [1.29, 1.82) is 0 Å². The zero-order valence-corrected chi connectivity index (χ0v) is 12.0. The minimum absolute atomic E-state index is 0.186. The van der Waals surface area contributed by atoms with Gasteiger partial charge >= 0.3 is 11.3 Å². The third-order valence-corrected chi connectivity index (χ3v) is 3.40. The van der Waals surface area contributed by atoms with Crippen molar-refractivity contribution in [2.45, 2.75) is 39.5 Å². The fraction of sp³-hybridized carbons (Fsp3) is 0.400. The van der Waals surface area contributed by atoms with Crippen molar-refractivity contribution in [2.24, 2.45) is 0 Å². The van der Waals surface area contributed by atoms with Gasteiger partial charge in [-0.1, -0.05) is 26.7 Å². The number of hydrogen-bond acceptors (Lipinski definition) is 5. The monoisotopic (exact) mass is 291 g/mol. The van der Waals surface area contributed by atoms with Crippen molar-refractivity contribution < 1.29 is 14.4 Å². The van der Waals surface area contributed by atoms with E-state index in [0.717, 1.165) is 36.8 Å². The minimum Gasteiger partial charge on any atom is -0.501 e. The average molecular weight is 291 g/mol. The summed E-state index contributed by atoms with van der Waals surface area (Å²) in [7, 11) is 0. The second kappa shape index (κ2) is 5.95. The number of benzene rings is 1. The Balaban J connectivity index is 2.78. The molecule has 2 aromatic rings. The summed E-state index contributed by atoms with van der Waals surface area (Å²) in [6.45, 7) is 4.08. The molecule has 0 amide bonds. The van der Waals surface area contributed by atoms with E-state index in [-0.39, 0.29) is 11.0 Å². The van der Waals surface area contributed by atoms with Gasteiger partial charge in [-0.05, 0) is 36.1 Å². The largest absolute Gasteiger partial charge is 0.501 e. The lowest BCUT2D eigenvalue weighted by Crippen LogP contribution is -2.07. The number of rotatable bonds is 5. The Morgan fingerprint density at radius 2 is 1.76 bits per heavy atom. The van der Waals surface area contributed by atoms with Gasteiger partial charge in [-0.25, -0.2) is 4.79 Å². The summed E-state index contributed by atoms with van der Waals surface area (Å²) in [6.07, 6.45) is 3.48. The molecule has 0 saturated carbocycles. The molecule has 112 valence electrons. The van der Waals surface area contributed by atoms with Crippen molar-refractivity contribution in [1.82, 2.24) is 0 Å². The summed E-state index contributed by atoms with van der Waals surface area (Å²) in [6, 6.07) is 3.39. The zero-order valence-electron chi connectivity index (χ0n) is 12.0. The van der Waals surface area contributed by atoms with Crippen LogP contribution in [0.25, 0.3) is 11.0 Å². The van der Waals surface area contributed by atoms with E-state index in [2.05, 4.69) is 0 Å². The van der Waals surface area contributed by atoms with Crippen molar-refractivity contribution in [3.8, 4) is 5.75 Å². The average Bonchev–Trinajstić information content (AvgIpc) is 2.40. The fourth-order valence-electron chi connectivity index (χ4n) is 2.47. The second-order valence-electron chi connectivity index (χ2n) is 4.96. The van der Waals surface area contributed by atoms with Crippen LogP contribution in [0, 0.1) is 10.1 Å². The Hall–Kier alpha value is -2.37. The van der Waals surface area contributed by atoms with Gasteiger partial charge < -0.3 is 9.52 Å². The first-order valence-electron chi connectivity index (χ1n) is 6.95. The highest BCUT2D eigenvalue weighted by atomic mass is 16.6. The fourth-order valence-corrected chi connectivity index (χ4v) is 2.47. The molecule has 6 heteroatoms. The third-order valence-electron chi connectivity index (χ3n) is 3.40. The van der Waals surface area contributed by atoms with Crippen LogP contribution in [0.1, 0.15) is 37.8 Å². The Labute approximate surface area is 121 Å². The van der Waals surface area contributed by atoms with E-state index in [1.807, 2.05) is 13.8 Å². The van der Waals surface area contributed by atoms with Crippen LogP contribution in [0.5, 0.6) is 5.75 Å². The van der Waals surface area contributed by atoms with E-state index < -0.39 is 22.0 Å². The lowest BCUT2D eigenvalue weighted by atomic mass is 9.97. The van der Waals surface area contributed by atoms with Gasteiger partial charge in [0.25, 0.3) is 0 Å². The molecule has 1 aromatic carbocycles. The van der Waals surface area contributed by atoms with E-state index in [9.17, 15) is 20.0 Å². The van der Waals surface area contributed by atoms with Gasteiger partial charge in [0, 0.05) is 0 Å². The third kappa shape index (κ3) is 2.74. The molecule has 0 saturated heterocycles. The molecule has 1 heterocycles. The normalized spacial score (nSPS) is 11.0. The number of nitro groups is 1. The summed E-state index contributed by atoms with van der Waals surface area (Å²) in [5, 5.41) is 21.1. The molecule has 1 N–H and O–H groups in total. The van der Waals surface area contributed by atoms with Crippen LogP contribution < -0.4 is 5.63 Å². The van der Waals surface area contributed by atoms with Crippen molar-refractivity contribution in [3.63, 3.8) is 0 Å². The molecular weight excluding hydrogens is 274 g/mol. The number of aromatic hydroxyl groups is 1. The van der Waals surface area contributed by atoms with E-state index in [4.69, 9.17) is 4.42 Å². The molecule has 0 spiro atoms. The van der Waals surface area contributed by atoms with Crippen LogP contribution in [0.2, 0.25) is 0 Å². The molecule has 2 rings (SSSR count). The van der Waals surface area contributed by atoms with Gasteiger partial charge in [0.1, 0.15) is 5.58 Å². The van der Waals surface area contributed by atoms with E-state index >= 15 is 0 Å². The van der Waals surface area contributed by atoms with Crippen LogP contribution >= 0.6 is 0 Å². The highest BCUT2D eigenvalue weighted by molar-refractivity contribution is 5.87. The maximum Gasteiger partial charge on any atom is 0.419 e. The standard InChI is InChI=1S/C15H17NO5/c1-3-5-9-7-11-12(8-10(9)6-4-2)21-15(18)13(14(11)17)16(19)20/h7-8,17H,3-6H2,1-2H3. The minimum atomic E-state index is -1.13. The zero-order chi connectivity index (χ0) is 15.6. The Kier molecular flexibility index (Phi) is 4.26. The highest BCUT2D eigenvalue weighted by Crippen LogP contribution is 2.33. The van der Waals surface area contributed by atoms with Crippen LogP contribution in [0.3, 0.4) is 0 Å². The lowest BCUT2D eigenvalue weighted by molar-refractivity contribution is -0.388. The Bertz CT molecular complexity index is 748. The molecule has 0 radical (unpaired) electrons. The topological polar surface area (TPSA) is 93.6 Å². The van der Waals surface area contributed by atoms with E-state index in [1.165, 1.54) is 0 Å². The Morgan fingerprint density at radius 3 is 2.29 bits per heavy atom. The first-order chi connectivity index (χ1) is 9.99. The quantitative estimate of drug-likeness (QED) is 0.518. The van der Waals surface area contributed by atoms with Gasteiger partial charge in [-0.15, -0.1) is 0 Å². The van der Waals surface area contributed by atoms with E-state index in [0.29, 0.717) is 0 Å². The van der Waals surface area contributed by atoms with Crippen molar-refractivity contribution in [3.05, 3.63) is 43.8 Å². The summed E-state index contributed by atoms with van der Waals surface area (Å²) in [5.41, 5.74) is 0.212. The van der Waals surface area contributed by atoms with Gasteiger partial charge in [-0.3, -0.25) is 10.1 Å². The number of fused-ring (bicyclic) bond motifs is 1. The number of hydrogen-bond donors (Lipinski definition) is 1. The van der Waals surface area contributed by atoms with Crippen molar-refractivity contribution in [2.75, 3.05) is 0 Å². The van der Waals surface area contributed by atoms with Crippen LogP contribution in [0.4, 0.5) is 5.69 Å². The highest BCUT2D eigenvalue weighted by Gasteiger charge is 2.25. The summed E-state index contributed by atoms with van der Waals surface area (Å²) < 4.78 is 5.00. The SMILES string of the molecule is CCCc1cc2oc(=O)c([N+](=O)[O-])c(O)c2cc1CCC. The smallest absolute Gasteiger partial charge is 0.419 e. The second-order valence-corrected chi connectivity index (χ2v) is 4.96. The summed E-state index contributed by atoms with van der Waals surface area (Å²) in [5.74, 6) is -0.619. The number of nitrogens with zero attached hydrogens (tertiary/aromatic N) is 1. The molecule has 0 aliphatic rings. The molecule has 0 fully saturated rings. The van der Waals surface area contributed by atoms with Gasteiger partial charge in [0.15, 0.2) is 0 Å². The first-order valence-corrected chi connectivity index (χ1v) is 6.95. The molecule has 0 aliphatic heterocycles. The summed E-state index contributed by atoms with van der Waals surface area (Å²) >= 11 is 0. The van der Waals surface area contributed by atoms with Crippen LogP contribution in [-0.4, -0.2) is 10.0 Å². The lowest BCUT2D eigenvalue weighted by Gasteiger charge is -2.10. The van der Waals surface area contributed by atoms with E-state index in [1.54, 1.807) is 12.1 Å². The van der Waals surface area contributed by atoms with Crippen molar-refractivity contribution >= 4 is 16.7 Å². The summed E-state index contributed by atoms with van der Waals surface area (Å²) in [4.78, 5) is 21.5. The first kappa shape index (κ1) is 15.0. The molecule has 21 heavy (non-hydrogen) atoms. The van der Waals surface area contributed by atoms with Gasteiger partial charge in [0.2, 0.25) is 5.75 Å². The maximum atomic E-state index is 11.6. The van der Waals surface area contributed by atoms with Crippen LogP contribution in [-0.2, 0) is 12.8 Å². The molecule has 0 aliphatic carbocycles. The predicted molar refractivity (Wildman–Crippen MR) is 78.8 cm³/mol. The number of aryl methyl sites for hydroxylation is 2. The maximum absolute atomic E-state index is 11.6. The van der Waals surface area contributed by atoms with Gasteiger partial charge in [0.05, 0.1) is 10.3 Å². The molecule has 0 atom stereocenters. The molecule has 6 nitrogen and oxygen atoms in total. The predicted octanol–water partition coefficient (Wildman–Crippen LogP) is 3.31. The molecule has 1 aromatic heterocycles.